The highest BCUT2D eigenvalue weighted by Crippen LogP contribution is 2.51. The third-order valence-electron chi connectivity index (χ3n) is 22.4. The molecule has 1 aliphatic carbocycles. The summed E-state index contributed by atoms with van der Waals surface area (Å²) in [7, 11) is 2.12. The highest BCUT2D eigenvalue weighted by Gasteiger charge is 2.45. The van der Waals surface area contributed by atoms with Crippen molar-refractivity contribution >= 4 is 110 Å². The summed E-state index contributed by atoms with van der Waals surface area (Å²) in [6, 6.07) is 57.3. The summed E-state index contributed by atoms with van der Waals surface area (Å²) in [6.45, 7) is 5.84. The molecule has 4 atom stereocenters. The van der Waals surface area contributed by atoms with Gasteiger partial charge in [-0.2, -0.15) is 25.5 Å². The van der Waals surface area contributed by atoms with Crippen LogP contribution in [0.15, 0.2) is 271 Å². The highest BCUT2D eigenvalue weighted by atomic mass is 35.5. The Bertz CT molecular complexity index is 6340. The van der Waals surface area contributed by atoms with Crippen molar-refractivity contribution in [1.29, 1.82) is 0 Å². The molecule has 22 nitrogen and oxygen atoms in total. The van der Waals surface area contributed by atoms with Crippen LogP contribution in [-0.4, -0.2) is 133 Å². The average Bonchev–Trinajstić information content (AvgIpc) is 1.52. The van der Waals surface area contributed by atoms with Crippen LogP contribution in [0.3, 0.4) is 0 Å². The summed E-state index contributed by atoms with van der Waals surface area (Å²) < 4.78 is 13.6. The topological polar surface area (TPSA) is 306 Å². The van der Waals surface area contributed by atoms with E-state index in [9.17, 15) is 29.3 Å². The van der Waals surface area contributed by atoms with E-state index in [0.717, 1.165) is 166 Å². The van der Waals surface area contributed by atoms with Gasteiger partial charge in [-0.05, 0) is 248 Å². The van der Waals surface area contributed by atoms with Gasteiger partial charge in [0.25, 0.3) is 0 Å². The van der Waals surface area contributed by atoms with E-state index in [1.54, 1.807) is 139 Å². The number of imidazole rings is 1. The van der Waals surface area contributed by atoms with Gasteiger partial charge in [-0.3, -0.25) is 34.6 Å². The number of carbonyl (C=O) groups is 2. The zero-order valence-electron chi connectivity index (χ0n) is 68.9. The first-order valence-corrected chi connectivity index (χ1v) is 45.3. The Labute approximate surface area is 754 Å². The van der Waals surface area contributed by atoms with Gasteiger partial charge < -0.3 is 35.8 Å². The molecule has 0 radical (unpaired) electrons. The number of pyridine rings is 5. The molecule has 1 saturated carbocycles. The number of hydrogen-bond donors (Lipinski definition) is 7. The first-order chi connectivity index (χ1) is 61.4. The minimum absolute atomic E-state index is 0.0124. The molecule has 636 valence electrons. The van der Waals surface area contributed by atoms with Crippen molar-refractivity contribution in [2.24, 2.45) is 32.2 Å². The number of thiophene rings is 4. The van der Waals surface area contributed by atoms with Crippen molar-refractivity contribution in [1.82, 2.24) is 60.3 Å². The number of halogens is 3. The molecule has 3 aliphatic heterocycles. The van der Waals surface area contributed by atoms with Crippen LogP contribution in [-0.2, 0) is 21.6 Å². The predicted molar refractivity (Wildman–Crippen MR) is 503 cm³/mol. The number of carbonyl (C=O) groups excluding carboxylic acids is 2. The third-order valence-corrected chi connectivity index (χ3v) is 27.8. The minimum atomic E-state index is -1.24. The van der Waals surface area contributed by atoms with Gasteiger partial charge in [0.15, 0.2) is 5.82 Å². The van der Waals surface area contributed by atoms with E-state index in [1.165, 1.54) is 44.7 Å². The highest BCUT2D eigenvalue weighted by molar-refractivity contribution is 7.19. The third kappa shape index (κ3) is 21.0. The molecule has 4 aliphatic rings. The molecule has 4 aromatic carbocycles. The van der Waals surface area contributed by atoms with Crippen molar-refractivity contribution in [3.05, 3.63) is 326 Å². The van der Waals surface area contributed by atoms with Crippen LogP contribution in [0.5, 0.6) is 0 Å². The van der Waals surface area contributed by atoms with Crippen LogP contribution in [0.25, 0.3) is 74.3 Å². The molecule has 29 heteroatoms. The molecular weight excluding hydrogens is 1700 g/mol. The molecule has 126 heavy (non-hydrogen) atoms. The number of aromatic nitrogens is 10. The fourth-order valence-electron chi connectivity index (χ4n) is 16.0. The molecule has 1 amide bonds. The fraction of sp³-hybridized carbons (Fsp3) is 0.216. The van der Waals surface area contributed by atoms with Crippen molar-refractivity contribution in [2.45, 2.75) is 95.5 Å². The first kappa shape index (κ1) is 87.4. The molecule has 19 rings (SSSR count). The van der Waals surface area contributed by atoms with Crippen LogP contribution < -0.4 is 10.6 Å². The lowest BCUT2D eigenvalue weighted by molar-refractivity contribution is -0.116. The van der Waals surface area contributed by atoms with E-state index in [2.05, 4.69) is 123 Å². The van der Waals surface area contributed by atoms with Gasteiger partial charge in [0, 0.05) is 153 Å². The van der Waals surface area contributed by atoms with Crippen molar-refractivity contribution in [3.63, 3.8) is 0 Å². The van der Waals surface area contributed by atoms with Gasteiger partial charge in [0.2, 0.25) is 5.91 Å². The predicted octanol–water partition coefficient (Wildman–Crippen LogP) is 21.0. The molecule has 2 fully saturated rings. The number of H-pyrrole nitrogens is 2. The first-order valence-electron chi connectivity index (χ1n) is 41.3. The molecule has 7 N–H and O–H groups in total. The number of aliphatic hydroxyl groups is 3. The Morgan fingerprint density at radius 1 is 0.556 bits per heavy atom. The number of rotatable bonds is 24. The molecule has 1 saturated heterocycles. The quantitative estimate of drug-likeness (QED) is 0.0296. The van der Waals surface area contributed by atoms with Crippen LogP contribution >= 0.6 is 68.5 Å². The number of amides is 1. The lowest BCUT2D eigenvalue weighted by atomic mass is 9.72. The van der Waals surface area contributed by atoms with Crippen molar-refractivity contribution in [2.75, 3.05) is 32.0 Å². The molecule has 15 aromatic rings. The van der Waals surface area contributed by atoms with E-state index < -0.39 is 17.8 Å². The zero-order chi connectivity index (χ0) is 87.0. The second kappa shape index (κ2) is 40.9. The second-order valence-electron chi connectivity index (χ2n) is 31.0. The van der Waals surface area contributed by atoms with Gasteiger partial charge in [-0.25, -0.2) is 19.3 Å². The summed E-state index contributed by atoms with van der Waals surface area (Å²) in [6.07, 6.45) is 29.5. The number of aliphatic hydroxyl groups excluding tert-OH is 2. The molecule has 0 spiro atoms. The minimum Gasteiger partial charge on any atom is -0.384 e. The number of nitrogens with one attached hydrogen (secondary N) is 4. The Kier molecular flexibility index (Phi) is 28.4. The van der Waals surface area contributed by atoms with E-state index in [-0.39, 0.29) is 29.5 Å². The number of aromatic amines is 2. The number of Topliss-reactive ketones (excluding diaryl/α,β-unsaturated/α-hetero) is 1. The Morgan fingerprint density at radius 3 is 1.73 bits per heavy atom. The Hall–Kier alpha value is -12.1. The van der Waals surface area contributed by atoms with Crippen LogP contribution in [0.1, 0.15) is 143 Å². The summed E-state index contributed by atoms with van der Waals surface area (Å²) in [4.78, 5) is 66.6. The maximum Gasteiger partial charge on any atom is 0.222 e. The maximum atomic E-state index is 13.6. The molecule has 0 bridgehead atoms. The number of benzene rings is 4. The number of piperidine rings is 1. The van der Waals surface area contributed by atoms with E-state index in [1.807, 2.05) is 134 Å². The van der Waals surface area contributed by atoms with Gasteiger partial charge in [-0.1, -0.05) is 103 Å². The number of hydrogen-bond acceptors (Lipinski definition) is 23. The van der Waals surface area contributed by atoms with Gasteiger partial charge in [-0.15, -0.1) is 45.3 Å². The SMILES string of the molecule is CC(=O)Cc1cc(-c2cc(C(NCC3CCCC3)c3ccc(Cl)cc3)c(-c3ncn[nH]3)s2)ccn1.CC(=O)Nc1cc(-c2cc(C(O)(c3ccc(Cl)cc3)C3CCN(C)CC3)c(-c3ncc[nH]3)s2)ccn1.OC(c1ccc(-c2cccnc2)cc1)c1cc(-c2ccncc2)sc1C1=NN=CC1.OC(c1cccc(F)c1)c1cc(-c2ccncc2)sc1C1=NN=CC1. The normalized spacial score (nSPS) is 15.1. The lowest BCUT2D eigenvalue weighted by Gasteiger charge is -2.41. The standard InChI is InChI=1S/C27H28ClN5O2S.C27H28ClN5OS.C24H18N4OS.C19H14FN3OS/c1-17(34)32-24-15-18(7-10-29-24)23-16-22(25(36-23)26-30-11-12-31-26)27(35,19-3-5-21(28)6-4-19)20-8-13-33(2)14-9-20;1-17(34)12-22-13-20(10-11-29-22)24-14-23(26(35-24)27-31-16-32-33-27)25(19-6-8-21(28)9-7-19)30-15-18-4-2-3-5-18;29-23(18-5-3-16(4-6-18)19-2-1-10-26-15-19)20-14-22(17-7-11-25-12-8-17)30-24(20)21-9-13-27-28-21;20-14-3-1-2-13(10-14)18(24)15-11-17(12-4-7-21-8-5-12)25-19(15)16-6-9-22-23-16/h3-7,10-12,15-16,20,35H,8-9,13-14H2,1-2H3,(H,30,31)(H,29,32,34);6-11,13-14,16,18,25,30H,2-5,12,15H2,1H3,(H,31,32,33);1-8,10-15,23,29H,9H2;1-5,7-11,18,24H,6H2. The van der Waals surface area contributed by atoms with Gasteiger partial charge >= 0.3 is 0 Å². The number of ketones is 1. The monoisotopic (exact) mass is 1790 g/mol. The average molecular weight is 1790 g/mol. The molecule has 11 aromatic heterocycles. The summed E-state index contributed by atoms with van der Waals surface area (Å²) in [5, 5.41) is 66.3. The van der Waals surface area contributed by atoms with Gasteiger partial charge in [0.05, 0.1) is 37.0 Å². The molecular formula is C97H88Cl2FN17O5S4. The largest absolute Gasteiger partial charge is 0.384 e. The number of anilines is 1. The zero-order valence-corrected chi connectivity index (χ0v) is 73.7. The fourth-order valence-corrected chi connectivity index (χ4v) is 21.0. The summed E-state index contributed by atoms with van der Waals surface area (Å²) in [5.74, 6) is 2.20. The summed E-state index contributed by atoms with van der Waals surface area (Å²) in [5.41, 5.74) is 14.2. The maximum absolute atomic E-state index is 13.6. The Morgan fingerprint density at radius 2 is 1.14 bits per heavy atom. The molecule has 14 heterocycles. The number of nitrogens with zero attached hydrogens (tertiary/aromatic N) is 13. The summed E-state index contributed by atoms with van der Waals surface area (Å²) >= 11 is 18.8. The van der Waals surface area contributed by atoms with E-state index in [4.69, 9.17) is 23.2 Å². The van der Waals surface area contributed by atoms with E-state index >= 15 is 0 Å². The van der Waals surface area contributed by atoms with Crippen molar-refractivity contribution in [3.8, 4) is 74.3 Å². The number of likely N-dealkylation sites (tertiary alicyclic amines) is 1. The van der Waals surface area contributed by atoms with Crippen LogP contribution in [0.2, 0.25) is 10.0 Å². The van der Waals surface area contributed by atoms with Gasteiger partial charge in [0.1, 0.15) is 47.4 Å². The van der Waals surface area contributed by atoms with E-state index in [0.29, 0.717) is 53.0 Å². The smallest absolute Gasteiger partial charge is 0.222 e. The van der Waals surface area contributed by atoms with Crippen LogP contribution in [0, 0.1) is 17.7 Å². The lowest BCUT2D eigenvalue weighted by Crippen LogP contribution is -2.43. The molecule has 4 unspecified atom stereocenters. The van der Waals surface area contributed by atoms with Crippen LogP contribution in [0.4, 0.5) is 10.2 Å². The second-order valence-corrected chi connectivity index (χ2v) is 36.1. The van der Waals surface area contributed by atoms with Crippen molar-refractivity contribution < 1.29 is 29.3 Å². The Balaban J connectivity index is 0.000000125.